The summed E-state index contributed by atoms with van der Waals surface area (Å²) in [5, 5.41) is 12.7. The molecule has 82 valence electrons. The van der Waals surface area contributed by atoms with E-state index in [0.717, 1.165) is 11.3 Å². The zero-order valence-electron chi connectivity index (χ0n) is 9.56. The van der Waals surface area contributed by atoms with E-state index < -0.39 is 11.8 Å². The van der Waals surface area contributed by atoms with Crippen molar-refractivity contribution in [1.82, 2.24) is 5.32 Å². The predicted octanol–water partition coefficient (Wildman–Crippen LogP) is 2.16. The lowest BCUT2D eigenvalue weighted by Crippen LogP contribution is -2.24. The van der Waals surface area contributed by atoms with E-state index in [2.05, 4.69) is 5.32 Å². The average Bonchev–Trinajstić information content (AvgIpc) is 2.03. The summed E-state index contributed by atoms with van der Waals surface area (Å²) in [5.74, 6) is 0. The summed E-state index contributed by atoms with van der Waals surface area (Å²) >= 11 is 0. The summed E-state index contributed by atoms with van der Waals surface area (Å²) < 4.78 is 12.6. The maximum Gasteiger partial charge on any atom is 0.116 e. The number of aliphatic hydroxyl groups is 1. The Bertz CT molecular complexity index is 236. The molecule has 0 aliphatic rings. The highest BCUT2D eigenvalue weighted by Crippen LogP contribution is 2.18. The number of alkyl halides is 1. The summed E-state index contributed by atoms with van der Waals surface area (Å²) in [6.45, 7) is 6.68. The fraction of sp³-hybridized carbons (Fsp3) is 0.636. The largest absolute Gasteiger partial charge is 0.388 e. The number of likely N-dealkylation sites (N-methyl/N-ethyl adjacent to an activating group) is 1. The van der Waals surface area contributed by atoms with Crippen molar-refractivity contribution < 1.29 is 9.50 Å². The van der Waals surface area contributed by atoms with Gasteiger partial charge in [-0.1, -0.05) is 0 Å². The summed E-state index contributed by atoms with van der Waals surface area (Å²) in [7, 11) is 1.75. The number of rotatable bonds is 4. The van der Waals surface area contributed by atoms with Crippen molar-refractivity contribution >= 4 is 0 Å². The highest BCUT2D eigenvalue weighted by molar-refractivity contribution is 5.28. The van der Waals surface area contributed by atoms with Gasteiger partial charge in [-0.05, 0) is 45.4 Å². The smallest absolute Gasteiger partial charge is 0.116 e. The third kappa shape index (κ3) is 4.42. The Kier molecular flexibility index (Phi) is 4.85. The molecule has 0 aromatic carbocycles. The Morgan fingerprint density at radius 3 is 2.29 bits per heavy atom. The van der Waals surface area contributed by atoms with Crippen LogP contribution in [-0.4, -0.2) is 23.9 Å². The van der Waals surface area contributed by atoms with Crippen molar-refractivity contribution in [3.8, 4) is 0 Å². The zero-order chi connectivity index (χ0) is 11.4. The van der Waals surface area contributed by atoms with Crippen molar-refractivity contribution in [1.29, 1.82) is 0 Å². The lowest BCUT2D eigenvalue weighted by Gasteiger charge is -2.21. The molecule has 0 fully saturated rings. The first-order chi connectivity index (χ1) is 6.29. The molecule has 3 heteroatoms. The Morgan fingerprint density at radius 2 is 2.00 bits per heavy atom. The second kappa shape index (κ2) is 5.15. The van der Waals surface area contributed by atoms with Gasteiger partial charge in [0.05, 0.1) is 5.60 Å². The van der Waals surface area contributed by atoms with E-state index in [1.54, 1.807) is 27.0 Å². The second-order valence-corrected chi connectivity index (χ2v) is 3.88. The van der Waals surface area contributed by atoms with E-state index in [9.17, 15) is 9.50 Å². The molecule has 0 aromatic rings. The fourth-order valence-corrected chi connectivity index (χ4v) is 0.954. The molecule has 14 heavy (non-hydrogen) atoms. The van der Waals surface area contributed by atoms with Crippen molar-refractivity contribution in [3.63, 3.8) is 0 Å². The molecule has 1 unspecified atom stereocenters. The van der Waals surface area contributed by atoms with Gasteiger partial charge in [-0.15, -0.1) is 0 Å². The van der Waals surface area contributed by atoms with E-state index in [0.29, 0.717) is 0 Å². The van der Waals surface area contributed by atoms with Crippen molar-refractivity contribution in [2.24, 2.45) is 0 Å². The standard InChI is InChI=1S/C11H20FNO/c1-8(12)6-7-10(13-5)9(2)11(3,4)14/h6-8,13-14H,1-5H3/b7-6?,10-9-. The second-order valence-electron chi connectivity index (χ2n) is 3.88. The average molecular weight is 201 g/mol. The third-order valence-corrected chi connectivity index (χ3v) is 2.12. The topological polar surface area (TPSA) is 32.3 Å². The van der Waals surface area contributed by atoms with Gasteiger partial charge in [-0.25, -0.2) is 4.39 Å². The predicted molar refractivity (Wildman–Crippen MR) is 57.8 cm³/mol. The third-order valence-electron chi connectivity index (χ3n) is 2.12. The van der Waals surface area contributed by atoms with Gasteiger partial charge in [-0.3, -0.25) is 0 Å². The molecule has 0 bridgehead atoms. The Balaban J connectivity index is 4.87. The van der Waals surface area contributed by atoms with Gasteiger partial charge in [0, 0.05) is 12.7 Å². The van der Waals surface area contributed by atoms with Crippen molar-refractivity contribution in [2.45, 2.75) is 39.5 Å². The Morgan fingerprint density at radius 1 is 1.50 bits per heavy atom. The van der Waals surface area contributed by atoms with Gasteiger partial charge in [0.25, 0.3) is 0 Å². The molecule has 1 atom stereocenters. The first-order valence-corrected chi connectivity index (χ1v) is 4.72. The van der Waals surface area contributed by atoms with Crippen LogP contribution in [0.1, 0.15) is 27.7 Å². The van der Waals surface area contributed by atoms with E-state index in [-0.39, 0.29) is 0 Å². The molecular weight excluding hydrogens is 181 g/mol. The van der Waals surface area contributed by atoms with Gasteiger partial charge in [-0.2, -0.15) is 0 Å². The highest BCUT2D eigenvalue weighted by Gasteiger charge is 2.17. The van der Waals surface area contributed by atoms with Crippen LogP contribution in [-0.2, 0) is 0 Å². The molecule has 2 nitrogen and oxygen atoms in total. The highest BCUT2D eigenvalue weighted by atomic mass is 19.1. The first kappa shape index (κ1) is 13.2. The first-order valence-electron chi connectivity index (χ1n) is 4.72. The minimum absolute atomic E-state index is 0.752. The summed E-state index contributed by atoms with van der Waals surface area (Å²) in [4.78, 5) is 0. The Hall–Kier alpha value is -0.830. The molecule has 0 aliphatic heterocycles. The zero-order valence-corrected chi connectivity index (χ0v) is 9.56. The Labute approximate surface area is 85.5 Å². The lowest BCUT2D eigenvalue weighted by atomic mass is 9.97. The van der Waals surface area contributed by atoms with Gasteiger partial charge in [0.2, 0.25) is 0 Å². The number of allylic oxidation sites excluding steroid dienone is 2. The molecule has 0 aromatic heterocycles. The van der Waals surface area contributed by atoms with Crippen LogP contribution in [0.4, 0.5) is 4.39 Å². The molecular formula is C11H20FNO. The van der Waals surface area contributed by atoms with Gasteiger partial charge in [0.1, 0.15) is 6.17 Å². The fourth-order valence-electron chi connectivity index (χ4n) is 0.954. The molecule has 0 heterocycles. The normalized spacial score (nSPS) is 16.8. The van der Waals surface area contributed by atoms with Crippen LogP contribution in [0.15, 0.2) is 23.4 Å². The van der Waals surface area contributed by atoms with Gasteiger partial charge < -0.3 is 10.4 Å². The lowest BCUT2D eigenvalue weighted by molar-refractivity contribution is 0.118. The number of nitrogens with one attached hydrogen (secondary N) is 1. The number of halogens is 1. The molecule has 0 rings (SSSR count). The van der Waals surface area contributed by atoms with E-state index in [4.69, 9.17) is 0 Å². The quantitative estimate of drug-likeness (QED) is 0.683. The maximum absolute atomic E-state index is 12.6. The molecule has 0 spiro atoms. The van der Waals surface area contributed by atoms with Crippen molar-refractivity contribution in [3.05, 3.63) is 23.4 Å². The molecule has 0 radical (unpaired) electrons. The molecule has 0 saturated carbocycles. The van der Waals surface area contributed by atoms with Crippen LogP contribution >= 0.6 is 0 Å². The van der Waals surface area contributed by atoms with Crippen LogP contribution in [0.2, 0.25) is 0 Å². The van der Waals surface area contributed by atoms with E-state index in [1.807, 2.05) is 6.92 Å². The van der Waals surface area contributed by atoms with E-state index in [1.165, 1.54) is 13.0 Å². The molecule has 0 amide bonds. The van der Waals surface area contributed by atoms with Crippen LogP contribution in [0, 0.1) is 0 Å². The van der Waals surface area contributed by atoms with Crippen LogP contribution in [0.5, 0.6) is 0 Å². The van der Waals surface area contributed by atoms with Crippen molar-refractivity contribution in [2.75, 3.05) is 7.05 Å². The van der Waals surface area contributed by atoms with Crippen LogP contribution < -0.4 is 5.32 Å². The summed E-state index contributed by atoms with van der Waals surface area (Å²) in [5.41, 5.74) is 0.654. The minimum Gasteiger partial charge on any atom is -0.388 e. The number of hydrogen-bond acceptors (Lipinski definition) is 2. The number of hydrogen-bond donors (Lipinski definition) is 2. The molecule has 0 saturated heterocycles. The minimum atomic E-state index is -0.979. The van der Waals surface area contributed by atoms with Gasteiger partial charge >= 0.3 is 0 Å². The SMILES string of the molecule is CN/C(C=CC(C)F)=C(/C)C(C)(C)O. The monoisotopic (exact) mass is 201 g/mol. The van der Waals surface area contributed by atoms with Crippen LogP contribution in [0.3, 0.4) is 0 Å². The molecule has 2 N–H and O–H groups in total. The molecule has 0 aliphatic carbocycles. The van der Waals surface area contributed by atoms with E-state index >= 15 is 0 Å². The maximum atomic E-state index is 12.6. The summed E-state index contributed by atoms with van der Waals surface area (Å²) in [6.07, 6.45) is 2.12. The summed E-state index contributed by atoms with van der Waals surface area (Å²) in [6, 6.07) is 0. The van der Waals surface area contributed by atoms with Gasteiger partial charge in [0.15, 0.2) is 0 Å². The van der Waals surface area contributed by atoms with Crippen LogP contribution in [0.25, 0.3) is 0 Å².